The molecule has 3 aliphatic carbocycles. The average molecular weight is 763 g/mol. The smallest absolute Gasteiger partial charge is 0.416 e. The number of hydrogen-bond acceptors (Lipinski definition) is 6. The number of amides is 1. The molecule has 1 amide bonds. The van der Waals surface area contributed by atoms with Crippen LogP contribution in [-0.2, 0) is 27.6 Å². The molecule has 1 spiro atoms. The van der Waals surface area contributed by atoms with Gasteiger partial charge in [-0.15, -0.1) is 0 Å². The van der Waals surface area contributed by atoms with E-state index in [0.717, 1.165) is 47.5 Å². The number of esters is 1. The number of benzene rings is 4. The zero-order chi connectivity index (χ0) is 38.8. The van der Waals surface area contributed by atoms with E-state index < -0.39 is 40.9 Å². The van der Waals surface area contributed by atoms with Gasteiger partial charge >= 0.3 is 12.1 Å². The third kappa shape index (κ3) is 6.22. The van der Waals surface area contributed by atoms with E-state index >= 15 is 0 Å². The van der Waals surface area contributed by atoms with E-state index in [1.807, 2.05) is 71.6 Å². The van der Waals surface area contributed by atoms with Crippen LogP contribution < -0.4 is 9.47 Å². The van der Waals surface area contributed by atoms with E-state index in [9.17, 15) is 27.9 Å². The van der Waals surface area contributed by atoms with Gasteiger partial charge in [-0.05, 0) is 97.5 Å². The maximum absolute atomic E-state index is 14.9. The zero-order valence-electron chi connectivity index (χ0n) is 31.3. The van der Waals surface area contributed by atoms with Gasteiger partial charge < -0.3 is 19.5 Å². The number of nitrogens with zero attached hydrogens (tertiary/aromatic N) is 2. The predicted octanol–water partition coefficient (Wildman–Crippen LogP) is 7.94. The van der Waals surface area contributed by atoms with Crippen LogP contribution in [0.1, 0.15) is 78.3 Å². The van der Waals surface area contributed by atoms with Gasteiger partial charge in [0.25, 0.3) is 0 Å². The van der Waals surface area contributed by atoms with Crippen LogP contribution in [0.5, 0.6) is 11.5 Å². The summed E-state index contributed by atoms with van der Waals surface area (Å²) in [4.78, 5) is 31.6. The number of alkyl halides is 3. The first kappa shape index (κ1) is 36.7. The second-order valence-electron chi connectivity index (χ2n) is 16.3. The Morgan fingerprint density at radius 3 is 2.34 bits per heavy atom. The van der Waals surface area contributed by atoms with Gasteiger partial charge in [-0.2, -0.15) is 13.2 Å². The number of likely N-dealkylation sites (tertiary alicyclic amines) is 1. The lowest BCUT2D eigenvalue weighted by atomic mass is 9.48. The summed E-state index contributed by atoms with van der Waals surface area (Å²) >= 11 is 0. The van der Waals surface area contributed by atoms with Crippen molar-refractivity contribution in [2.75, 3.05) is 19.6 Å². The van der Waals surface area contributed by atoms with Gasteiger partial charge in [0.2, 0.25) is 5.91 Å². The van der Waals surface area contributed by atoms with Crippen LogP contribution in [0.15, 0.2) is 103 Å². The highest BCUT2D eigenvalue weighted by Gasteiger charge is 2.73. The molecule has 5 atom stereocenters. The topological polar surface area (TPSA) is 79.3 Å². The number of carbonyl (C=O) groups is 2. The Labute approximate surface area is 324 Å². The zero-order valence-corrected chi connectivity index (χ0v) is 31.3. The minimum absolute atomic E-state index is 0.145. The summed E-state index contributed by atoms with van der Waals surface area (Å²) in [7, 11) is 0. The van der Waals surface area contributed by atoms with Crippen LogP contribution in [-0.4, -0.2) is 70.2 Å². The summed E-state index contributed by atoms with van der Waals surface area (Å²) in [6, 6.07) is 28.0. The highest BCUT2D eigenvalue weighted by Crippen LogP contribution is 2.66. The normalized spacial score (nSPS) is 26.5. The molecule has 5 aliphatic rings. The number of ether oxygens (including phenoxy) is 2. The summed E-state index contributed by atoms with van der Waals surface area (Å²) < 4.78 is 53.8. The minimum atomic E-state index is -4.53. The van der Waals surface area contributed by atoms with Gasteiger partial charge in [-0.3, -0.25) is 14.5 Å². The van der Waals surface area contributed by atoms with Crippen molar-refractivity contribution in [2.24, 2.45) is 5.92 Å². The van der Waals surface area contributed by atoms with Crippen LogP contribution in [0.25, 0.3) is 6.08 Å². The van der Waals surface area contributed by atoms with Crippen molar-refractivity contribution in [3.8, 4) is 11.5 Å². The Balaban J connectivity index is 1.16. The highest BCUT2D eigenvalue weighted by molar-refractivity contribution is 5.92. The standard InChI is InChI=1S/C46H45F3N2O5/c1-29(52)55-38-19-18-34-26-39-45(54)22-21-37(43-44(45,41(34)42(38)56-43)23-24-50(39)27-31-15-16-31)51(40(53)20-17-30-9-8-14-35(25-30)46(47,48)49)28-36(32-10-4-2-5-11-32)33-12-6-3-7-13-33/h2-14,17-20,25,31,36-37,39,43,54H,15-16,21-24,26-28H2,1H3/t37-,39-,43+,44+,45-/m1/s1. The molecule has 1 saturated heterocycles. The van der Waals surface area contributed by atoms with Gasteiger partial charge in [-0.25, -0.2) is 0 Å². The van der Waals surface area contributed by atoms with Gasteiger partial charge in [0.15, 0.2) is 11.5 Å². The Kier molecular flexibility index (Phi) is 9.12. The van der Waals surface area contributed by atoms with Gasteiger partial charge in [-0.1, -0.05) is 78.9 Å². The van der Waals surface area contributed by atoms with Crippen molar-refractivity contribution >= 4 is 18.0 Å². The van der Waals surface area contributed by atoms with Crippen LogP contribution in [0.2, 0.25) is 0 Å². The first-order valence-electron chi connectivity index (χ1n) is 19.7. The first-order chi connectivity index (χ1) is 27.0. The van der Waals surface area contributed by atoms with Gasteiger partial charge in [0.1, 0.15) is 6.10 Å². The summed E-state index contributed by atoms with van der Waals surface area (Å²) in [5.74, 6) is 0.279. The fraction of sp³-hybridized carbons (Fsp3) is 0.391. The summed E-state index contributed by atoms with van der Waals surface area (Å²) in [6.07, 6.45) is 2.07. The monoisotopic (exact) mass is 762 g/mol. The van der Waals surface area contributed by atoms with Crippen molar-refractivity contribution in [1.82, 2.24) is 9.80 Å². The molecule has 3 fully saturated rings. The fourth-order valence-corrected chi connectivity index (χ4v) is 10.4. The summed E-state index contributed by atoms with van der Waals surface area (Å²) in [5.41, 5.74) is 1.35. The molecule has 56 heavy (non-hydrogen) atoms. The van der Waals surface area contributed by atoms with Crippen LogP contribution in [0.4, 0.5) is 13.2 Å². The van der Waals surface area contributed by atoms with E-state index in [1.54, 1.807) is 12.1 Å². The molecular formula is C46H45F3N2O5. The van der Waals surface area contributed by atoms with Crippen molar-refractivity contribution in [3.63, 3.8) is 0 Å². The van der Waals surface area contributed by atoms with E-state index in [1.165, 1.54) is 38.0 Å². The number of piperidine rings is 1. The quantitative estimate of drug-likeness (QED) is 0.101. The lowest BCUT2D eigenvalue weighted by Crippen LogP contribution is -2.78. The molecule has 0 aromatic heterocycles. The molecular weight excluding hydrogens is 718 g/mol. The maximum Gasteiger partial charge on any atom is 0.416 e. The Bertz CT molecular complexity index is 2130. The highest BCUT2D eigenvalue weighted by atomic mass is 19.4. The fourth-order valence-electron chi connectivity index (χ4n) is 10.4. The Morgan fingerprint density at radius 2 is 1.68 bits per heavy atom. The predicted molar refractivity (Wildman–Crippen MR) is 205 cm³/mol. The minimum Gasteiger partial charge on any atom is -0.483 e. The molecule has 4 aromatic rings. The number of carbonyl (C=O) groups excluding carboxylic acids is 2. The SMILES string of the molecule is CC(=O)Oc1ccc2c3c1O[C@H]1[C@H](N(CC(c4ccccc4)c4ccccc4)C(=O)C=Cc4cccc(C(F)(F)F)c4)CC[C@@]4(O)[C@@H](C2)N(CC2CC2)CC[C@]314. The van der Waals surface area contributed by atoms with E-state index in [4.69, 9.17) is 9.47 Å². The number of hydrogen-bond donors (Lipinski definition) is 1. The van der Waals surface area contributed by atoms with Crippen LogP contribution in [0.3, 0.4) is 0 Å². The molecule has 2 bridgehead atoms. The molecule has 2 aliphatic heterocycles. The Morgan fingerprint density at radius 1 is 0.964 bits per heavy atom. The molecule has 0 unspecified atom stereocenters. The van der Waals surface area contributed by atoms with Crippen LogP contribution in [0, 0.1) is 5.92 Å². The molecule has 4 aromatic carbocycles. The Hall–Kier alpha value is -4.93. The summed E-state index contributed by atoms with van der Waals surface area (Å²) in [5, 5.41) is 13.3. The number of halogens is 3. The molecule has 2 heterocycles. The lowest BCUT2D eigenvalue weighted by Gasteiger charge is -2.65. The van der Waals surface area contributed by atoms with Crippen molar-refractivity contribution in [1.29, 1.82) is 0 Å². The average Bonchev–Trinajstić information content (AvgIpc) is 3.94. The lowest BCUT2D eigenvalue weighted by molar-refractivity contribution is -0.201. The molecule has 0 radical (unpaired) electrons. The first-order valence-corrected chi connectivity index (χ1v) is 19.7. The second kappa shape index (κ2) is 13.9. The maximum atomic E-state index is 14.9. The summed E-state index contributed by atoms with van der Waals surface area (Å²) in [6.45, 7) is 3.29. The largest absolute Gasteiger partial charge is 0.483 e. The molecule has 1 N–H and O–H groups in total. The molecule has 10 heteroatoms. The van der Waals surface area contributed by atoms with Gasteiger partial charge in [0, 0.05) is 43.6 Å². The van der Waals surface area contributed by atoms with Crippen molar-refractivity contribution in [2.45, 2.75) is 86.7 Å². The van der Waals surface area contributed by atoms with E-state index in [0.29, 0.717) is 43.1 Å². The number of rotatable bonds is 10. The number of aliphatic hydroxyl groups is 1. The molecule has 9 rings (SSSR count). The van der Waals surface area contributed by atoms with E-state index in [-0.39, 0.29) is 30.0 Å². The molecule has 7 nitrogen and oxygen atoms in total. The van der Waals surface area contributed by atoms with Gasteiger partial charge in [0.05, 0.1) is 22.6 Å². The van der Waals surface area contributed by atoms with Crippen molar-refractivity contribution < 1.29 is 37.3 Å². The van der Waals surface area contributed by atoms with E-state index in [2.05, 4.69) is 4.90 Å². The molecule has 2 saturated carbocycles. The second-order valence-corrected chi connectivity index (χ2v) is 16.3. The molecule has 290 valence electrons. The van der Waals surface area contributed by atoms with Crippen molar-refractivity contribution in [3.05, 3.63) is 137 Å². The third-order valence-corrected chi connectivity index (χ3v) is 13.1. The van der Waals surface area contributed by atoms with Crippen LogP contribution >= 0.6 is 0 Å². The third-order valence-electron chi connectivity index (χ3n) is 13.1.